The molecular formula is C16H31NO5. The molecule has 0 aliphatic rings. The van der Waals surface area contributed by atoms with Crippen molar-refractivity contribution in [2.24, 2.45) is 5.41 Å². The monoisotopic (exact) mass is 317 g/mol. The summed E-state index contributed by atoms with van der Waals surface area (Å²) in [6.45, 7) is 7.39. The van der Waals surface area contributed by atoms with Gasteiger partial charge in [0.25, 0.3) is 0 Å². The van der Waals surface area contributed by atoms with Gasteiger partial charge < -0.3 is 20.3 Å². The first-order valence-electron chi connectivity index (χ1n) is 7.98. The van der Waals surface area contributed by atoms with Crippen LogP contribution in [0.5, 0.6) is 0 Å². The maximum absolute atomic E-state index is 11.7. The topological polar surface area (TPSA) is 95.9 Å². The summed E-state index contributed by atoms with van der Waals surface area (Å²) in [7, 11) is 0. The van der Waals surface area contributed by atoms with Crippen LogP contribution in [0.1, 0.15) is 66.2 Å². The van der Waals surface area contributed by atoms with Gasteiger partial charge in [-0.15, -0.1) is 0 Å². The summed E-state index contributed by atoms with van der Waals surface area (Å²) in [5, 5.41) is 21.0. The molecule has 0 aromatic rings. The number of amides is 1. The second-order valence-electron chi connectivity index (χ2n) is 6.73. The molecule has 0 rings (SSSR count). The average Bonchev–Trinajstić information content (AvgIpc) is 2.38. The number of aliphatic hydroxyl groups is 1. The summed E-state index contributed by atoms with van der Waals surface area (Å²) in [5.41, 5.74) is -1.58. The van der Waals surface area contributed by atoms with E-state index in [0.29, 0.717) is 25.7 Å². The molecule has 3 N–H and O–H groups in total. The van der Waals surface area contributed by atoms with Crippen LogP contribution in [0.15, 0.2) is 0 Å². The van der Waals surface area contributed by atoms with E-state index in [9.17, 15) is 14.7 Å². The molecule has 1 atom stereocenters. The first kappa shape index (κ1) is 20.7. The van der Waals surface area contributed by atoms with E-state index in [1.165, 1.54) is 0 Å². The predicted molar refractivity (Wildman–Crippen MR) is 84.8 cm³/mol. The van der Waals surface area contributed by atoms with Crippen molar-refractivity contribution in [1.82, 2.24) is 5.32 Å². The molecule has 0 fully saturated rings. The van der Waals surface area contributed by atoms with Crippen LogP contribution in [-0.4, -0.2) is 41.0 Å². The number of carbonyl (C=O) groups excluding carboxylic acids is 1. The Morgan fingerprint density at radius 2 is 1.73 bits per heavy atom. The number of aliphatic hydroxyl groups excluding tert-OH is 1. The van der Waals surface area contributed by atoms with Gasteiger partial charge in [0, 0.05) is 13.2 Å². The number of alkyl carbamates (subject to hydrolysis) is 1. The number of nitrogens with one attached hydrogen (secondary N) is 1. The maximum Gasteiger partial charge on any atom is 0.407 e. The lowest BCUT2D eigenvalue weighted by atomic mass is 9.78. The van der Waals surface area contributed by atoms with E-state index < -0.39 is 23.1 Å². The van der Waals surface area contributed by atoms with Crippen LogP contribution in [0, 0.1) is 5.41 Å². The van der Waals surface area contributed by atoms with Gasteiger partial charge >= 0.3 is 12.1 Å². The fraction of sp³-hybridized carbons (Fsp3) is 0.875. The number of hydrogen-bond acceptors (Lipinski definition) is 4. The Labute approximate surface area is 133 Å². The third-order valence-corrected chi connectivity index (χ3v) is 3.47. The molecular weight excluding hydrogens is 286 g/mol. The van der Waals surface area contributed by atoms with Crippen molar-refractivity contribution in [3.8, 4) is 0 Å². The summed E-state index contributed by atoms with van der Waals surface area (Å²) in [6, 6.07) is 0. The molecule has 0 aromatic heterocycles. The van der Waals surface area contributed by atoms with Crippen LogP contribution in [0.4, 0.5) is 4.79 Å². The zero-order valence-electron chi connectivity index (χ0n) is 14.3. The Balaban J connectivity index is 4.70. The zero-order valence-corrected chi connectivity index (χ0v) is 14.3. The van der Waals surface area contributed by atoms with Gasteiger partial charge in [-0.3, -0.25) is 4.79 Å². The third-order valence-electron chi connectivity index (χ3n) is 3.47. The summed E-state index contributed by atoms with van der Waals surface area (Å²) in [5.74, 6) is -0.894. The Kier molecular flexibility index (Phi) is 9.09. The van der Waals surface area contributed by atoms with Crippen LogP contribution >= 0.6 is 0 Å². The van der Waals surface area contributed by atoms with Crippen molar-refractivity contribution < 1.29 is 24.5 Å². The number of ether oxygens (including phenoxy) is 1. The predicted octanol–water partition coefficient (Wildman–Crippen LogP) is 2.93. The van der Waals surface area contributed by atoms with E-state index >= 15 is 0 Å². The van der Waals surface area contributed by atoms with Gasteiger partial charge in [-0.05, 0) is 40.0 Å². The van der Waals surface area contributed by atoms with Crippen molar-refractivity contribution in [2.45, 2.75) is 71.8 Å². The van der Waals surface area contributed by atoms with E-state index in [1.54, 1.807) is 20.8 Å². The van der Waals surface area contributed by atoms with Gasteiger partial charge in [0.2, 0.25) is 0 Å². The minimum absolute atomic E-state index is 0.0597. The Morgan fingerprint density at radius 1 is 1.09 bits per heavy atom. The smallest absolute Gasteiger partial charge is 0.407 e. The lowest BCUT2D eigenvalue weighted by molar-refractivity contribution is -0.149. The van der Waals surface area contributed by atoms with Crippen molar-refractivity contribution >= 4 is 12.1 Å². The van der Waals surface area contributed by atoms with Crippen molar-refractivity contribution in [2.75, 3.05) is 13.2 Å². The SMILES string of the molecule is CCCC(CCCCCO)(CNC(=O)OC(C)(C)C)C(=O)O. The highest BCUT2D eigenvalue weighted by molar-refractivity contribution is 5.76. The summed E-state index contributed by atoms with van der Waals surface area (Å²) in [4.78, 5) is 23.5. The highest BCUT2D eigenvalue weighted by Gasteiger charge is 2.37. The number of carboxylic acid groups (broad SMARTS) is 1. The van der Waals surface area contributed by atoms with E-state index in [-0.39, 0.29) is 13.2 Å². The molecule has 0 saturated heterocycles. The fourth-order valence-corrected chi connectivity index (χ4v) is 2.38. The molecule has 1 amide bonds. The summed E-state index contributed by atoms with van der Waals surface area (Å²) < 4.78 is 5.16. The molecule has 6 nitrogen and oxygen atoms in total. The standard InChI is InChI=1S/C16H31NO5/c1-5-9-16(13(19)20,10-7-6-8-11-18)12-17-14(21)22-15(2,3)4/h18H,5-12H2,1-4H3,(H,17,21)(H,19,20). The molecule has 0 aliphatic carbocycles. The molecule has 0 radical (unpaired) electrons. The second-order valence-corrected chi connectivity index (χ2v) is 6.73. The largest absolute Gasteiger partial charge is 0.481 e. The maximum atomic E-state index is 11.7. The van der Waals surface area contributed by atoms with Crippen molar-refractivity contribution in [1.29, 1.82) is 0 Å². The van der Waals surface area contributed by atoms with Crippen LogP contribution in [-0.2, 0) is 9.53 Å². The average molecular weight is 317 g/mol. The highest BCUT2D eigenvalue weighted by atomic mass is 16.6. The molecule has 130 valence electrons. The van der Waals surface area contributed by atoms with Crippen LogP contribution in [0.2, 0.25) is 0 Å². The van der Waals surface area contributed by atoms with Gasteiger partial charge in [-0.25, -0.2) is 4.79 Å². The number of aliphatic carboxylic acids is 1. The minimum Gasteiger partial charge on any atom is -0.481 e. The number of carbonyl (C=O) groups is 2. The van der Waals surface area contributed by atoms with E-state index in [2.05, 4.69) is 5.32 Å². The number of hydrogen-bond donors (Lipinski definition) is 3. The second kappa shape index (κ2) is 9.66. The van der Waals surface area contributed by atoms with Crippen LogP contribution < -0.4 is 5.32 Å². The Bertz CT molecular complexity index is 351. The quantitative estimate of drug-likeness (QED) is 0.538. The molecule has 0 spiro atoms. The first-order valence-corrected chi connectivity index (χ1v) is 7.98. The molecule has 0 heterocycles. The number of carboxylic acids is 1. The number of rotatable bonds is 10. The van der Waals surface area contributed by atoms with Crippen LogP contribution in [0.25, 0.3) is 0 Å². The Hall–Kier alpha value is -1.30. The van der Waals surface area contributed by atoms with E-state index in [4.69, 9.17) is 9.84 Å². The molecule has 0 bridgehead atoms. The van der Waals surface area contributed by atoms with E-state index in [1.807, 2.05) is 6.92 Å². The zero-order chi connectivity index (χ0) is 17.2. The molecule has 1 unspecified atom stereocenters. The van der Waals surface area contributed by atoms with Gasteiger partial charge in [0.1, 0.15) is 5.60 Å². The minimum atomic E-state index is -0.971. The molecule has 0 saturated carbocycles. The van der Waals surface area contributed by atoms with Gasteiger partial charge in [0.15, 0.2) is 0 Å². The first-order chi connectivity index (χ1) is 10.2. The summed E-state index contributed by atoms with van der Waals surface area (Å²) >= 11 is 0. The molecule has 6 heteroatoms. The van der Waals surface area contributed by atoms with Crippen LogP contribution in [0.3, 0.4) is 0 Å². The van der Waals surface area contributed by atoms with Gasteiger partial charge in [-0.1, -0.05) is 26.2 Å². The number of unbranched alkanes of at least 4 members (excludes halogenated alkanes) is 2. The van der Waals surface area contributed by atoms with E-state index in [0.717, 1.165) is 12.8 Å². The van der Waals surface area contributed by atoms with Gasteiger partial charge in [0.05, 0.1) is 5.41 Å². The third kappa shape index (κ3) is 8.22. The highest BCUT2D eigenvalue weighted by Crippen LogP contribution is 2.31. The lowest BCUT2D eigenvalue weighted by Gasteiger charge is -2.30. The lowest BCUT2D eigenvalue weighted by Crippen LogP contribution is -2.44. The van der Waals surface area contributed by atoms with Crippen molar-refractivity contribution in [3.05, 3.63) is 0 Å². The van der Waals surface area contributed by atoms with Crippen molar-refractivity contribution in [3.63, 3.8) is 0 Å². The normalized spacial score (nSPS) is 14.2. The molecule has 0 aliphatic heterocycles. The summed E-state index contributed by atoms with van der Waals surface area (Å²) in [6.07, 6.45) is 3.27. The fourth-order valence-electron chi connectivity index (χ4n) is 2.38. The van der Waals surface area contributed by atoms with Gasteiger partial charge in [-0.2, -0.15) is 0 Å². The molecule has 0 aromatic carbocycles. The molecule has 22 heavy (non-hydrogen) atoms. The Morgan fingerprint density at radius 3 is 2.18 bits per heavy atom.